The average molecular weight is 497 g/mol. The summed E-state index contributed by atoms with van der Waals surface area (Å²) in [4.78, 5) is 0. The van der Waals surface area contributed by atoms with E-state index in [-0.39, 0.29) is 0 Å². The Morgan fingerprint density at radius 3 is 1.26 bits per heavy atom. The lowest BCUT2D eigenvalue weighted by Crippen LogP contribution is -2.44. The average Bonchev–Trinajstić information content (AvgIpc) is 2.86. The number of unbranched alkanes of at least 4 members (excludes halogenated alkanes) is 21. The molecule has 0 saturated heterocycles. The lowest BCUT2D eigenvalue weighted by Gasteiger charge is -2.23. The van der Waals surface area contributed by atoms with Crippen LogP contribution in [0.15, 0.2) is 0 Å². The van der Waals surface area contributed by atoms with Crippen molar-refractivity contribution in [1.82, 2.24) is 15.8 Å². The number of nitrogens with zero attached hydrogens (tertiary/aromatic N) is 1. The topological polar surface area (TPSA) is 53.3 Å². The predicted molar refractivity (Wildman–Crippen MR) is 159 cm³/mol. The minimum absolute atomic E-state index is 0.733. The van der Waals surface area contributed by atoms with E-state index in [1.165, 1.54) is 148 Å². The van der Waals surface area contributed by atoms with Crippen molar-refractivity contribution < 1.29 is 0 Å². The number of hydrogen-bond donors (Lipinski definition) is 3. The first-order valence-corrected chi connectivity index (χ1v) is 16.2. The van der Waals surface area contributed by atoms with Crippen molar-refractivity contribution in [2.24, 2.45) is 5.73 Å². The Bertz CT molecular complexity index is 364. The first-order chi connectivity index (χ1) is 17.3. The van der Waals surface area contributed by atoms with Crippen molar-refractivity contribution in [3.8, 4) is 0 Å². The van der Waals surface area contributed by atoms with Gasteiger partial charge in [0, 0.05) is 32.7 Å². The molecule has 0 atom stereocenters. The largest absolute Gasteiger partial charge is 0.329 e. The fraction of sp³-hybridized carbons (Fsp3) is 1.00. The van der Waals surface area contributed by atoms with Crippen LogP contribution >= 0.6 is 0 Å². The van der Waals surface area contributed by atoms with Crippen LogP contribution in [-0.2, 0) is 0 Å². The van der Waals surface area contributed by atoms with Gasteiger partial charge >= 0.3 is 0 Å². The molecule has 0 unspecified atom stereocenters. The van der Waals surface area contributed by atoms with E-state index in [4.69, 9.17) is 5.73 Å². The molecule has 212 valence electrons. The Balaban J connectivity index is 3.36. The van der Waals surface area contributed by atoms with E-state index in [1.807, 2.05) is 0 Å². The van der Waals surface area contributed by atoms with Gasteiger partial charge < -0.3 is 11.1 Å². The zero-order valence-corrected chi connectivity index (χ0v) is 24.5. The molecule has 4 heteroatoms. The van der Waals surface area contributed by atoms with Crippen LogP contribution in [-0.4, -0.2) is 44.3 Å². The highest BCUT2D eigenvalue weighted by Crippen LogP contribution is 2.12. The summed E-state index contributed by atoms with van der Waals surface area (Å²) in [6.07, 6.45) is 32.5. The maximum absolute atomic E-state index is 5.82. The number of hydrazine groups is 1. The fourth-order valence-corrected chi connectivity index (χ4v) is 4.91. The lowest BCUT2D eigenvalue weighted by molar-refractivity contribution is 0.189. The van der Waals surface area contributed by atoms with E-state index < -0.39 is 0 Å². The summed E-state index contributed by atoms with van der Waals surface area (Å²) >= 11 is 0. The van der Waals surface area contributed by atoms with Crippen molar-refractivity contribution in [2.45, 2.75) is 162 Å². The Hall–Kier alpha value is -0.160. The van der Waals surface area contributed by atoms with Gasteiger partial charge in [-0.3, -0.25) is 5.43 Å². The van der Waals surface area contributed by atoms with Crippen LogP contribution in [0.1, 0.15) is 162 Å². The van der Waals surface area contributed by atoms with E-state index in [0.29, 0.717) is 0 Å². The highest BCUT2D eigenvalue weighted by Gasteiger charge is 2.03. The molecule has 0 saturated carbocycles. The van der Waals surface area contributed by atoms with E-state index in [2.05, 4.69) is 29.6 Å². The highest BCUT2D eigenvalue weighted by atomic mass is 15.5. The highest BCUT2D eigenvalue weighted by molar-refractivity contribution is 4.58. The fourth-order valence-electron chi connectivity index (χ4n) is 4.91. The predicted octanol–water partition coefficient (Wildman–Crippen LogP) is 8.35. The summed E-state index contributed by atoms with van der Waals surface area (Å²) in [5.74, 6) is 0. The van der Waals surface area contributed by atoms with Gasteiger partial charge in [-0.2, -0.15) is 0 Å². The molecule has 0 bridgehead atoms. The first kappa shape index (κ1) is 34.8. The maximum Gasteiger partial charge on any atom is 0.0254 e. The summed E-state index contributed by atoms with van der Waals surface area (Å²) in [5.41, 5.74) is 9.42. The molecule has 0 aliphatic heterocycles. The monoisotopic (exact) mass is 497 g/mol. The summed E-state index contributed by atoms with van der Waals surface area (Å²) in [7, 11) is 0. The van der Waals surface area contributed by atoms with Gasteiger partial charge in [-0.15, -0.1) is 0 Å². The van der Waals surface area contributed by atoms with Crippen molar-refractivity contribution >= 4 is 0 Å². The van der Waals surface area contributed by atoms with Gasteiger partial charge in [0.15, 0.2) is 0 Å². The molecule has 4 nitrogen and oxygen atoms in total. The minimum Gasteiger partial charge on any atom is -0.329 e. The molecule has 0 aromatic rings. The number of rotatable bonds is 31. The Labute approximate surface area is 222 Å². The van der Waals surface area contributed by atoms with Crippen LogP contribution in [0.25, 0.3) is 0 Å². The normalized spacial score (nSPS) is 11.7. The van der Waals surface area contributed by atoms with E-state index in [9.17, 15) is 0 Å². The van der Waals surface area contributed by atoms with Gasteiger partial charge in [-0.25, -0.2) is 5.01 Å². The Kier molecular flexibility index (Phi) is 31.7. The van der Waals surface area contributed by atoms with Crippen LogP contribution in [0.5, 0.6) is 0 Å². The van der Waals surface area contributed by atoms with Gasteiger partial charge in [-0.05, 0) is 19.4 Å². The third kappa shape index (κ3) is 30.0. The second-order valence-electron chi connectivity index (χ2n) is 10.9. The van der Waals surface area contributed by atoms with E-state index in [0.717, 1.165) is 39.3 Å². The summed E-state index contributed by atoms with van der Waals surface area (Å²) in [5, 5.41) is 5.96. The van der Waals surface area contributed by atoms with Gasteiger partial charge in [0.1, 0.15) is 0 Å². The molecule has 0 heterocycles. The molecule has 0 fully saturated rings. The second-order valence-corrected chi connectivity index (χ2v) is 10.9. The molecule has 0 radical (unpaired) electrons. The van der Waals surface area contributed by atoms with Crippen LogP contribution in [0.4, 0.5) is 0 Å². The molecule has 0 aliphatic rings. The van der Waals surface area contributed by atoms with Crippen LogP contribution in [0.3, 0.4) is 0 Å². The first-order valence-electron chi connectivity index (χ1n) is 16.2. The minimum atomic E-state index is 0.733. The third-order valence-electron chi connectivity index (χ3n) is 7.27. The molecular formula is C31H68N4. The summed E-state index contributed by atoms with van der Waals surface area (Å²) in [6, 6.07) is 0. The Morgan fingerprint density at radius 2 is 0.829 bits per heavy atom. The molecule has 0 aromatic heterocycles. The van der Waals surface area contributed by atoms with Gasteiger partial charge in [0.25, 0.3) is 0 Å². The van der Waals surface area contributed by atoms with Crippen molar-refractivity contribution in [3.63, 3.8) is 0 Å². The molecule has 0 spiro atoms. The van der Waals surface area contributed by atoms with Crippen LogP contribution in [0.2, 0.25) is 0 Å². The van der Waals surface area contributed by atoms with Gasteiger partial charge in [0.2, 0.25) is 0 Å². The molecule has 0 aromatic carbocycles. The standard InChI is InChI=1S/C31H68N4/c1-3-5-7-9-11-13-15-16-18-20-22-24-27-33-28-29-34-35(31-26-32)30-25-23-21-19-17-14-12-10-8-6-4-2/h33-34H,3-32H2,1-2H3. The summed E-state index contributed by atoms with van der Waals surface area (Å²) < 4.78 is 0. The molecule has 0 amide bonds. The lowest BCUT2D eigenvalue weighted by atomic mass is 10.1. The van der Waals surface area contributed by atoms with E-state index in [1.54, 1.807) is 0 Å². The smallest absolute Gasteiger partial charge is 0.0254 e. The Morgan fingerprint density at radius 1 is 0.429 bits per heavy atom. The van der Waals surface area contributed by atoms with Crippen LogP contribution in [0, 0.1) is 0 Å². The quantitative estimate of drug-likeness (QED) is 0.0666. The number of nitrogens with two attached hydrogens (primary N) is 1. The molecular weight excluding hydrogens is 428 g/mol. The number of nitrogens with one attached hydrogen (secondary N) is 2. The summed E-state index contributed by atoms with van der Waals surface area (Å²) in [6.45, 7) is 10.6. The zero-order valence-electron chi connectivity index (χ0n) is 24.5. The van der Waals surface area contributed by atoms with Crippen LogP contribution < -0.4 is 16.5 Å². The maximum atomic E-state index is 5.82. The second kappa shape index (κ2) is 31.9. The third-order valence-corrected chi connectivity index (χ3v) is 7.27. The van der Waals surface area contributed by atoms with E-state index >= 15 is 0 Å². The molecule has 4 N–H and O–H groups in total. The van der Waals surface area contributed by atoms with Crippen molar-refractivity contribution in [3.05, 3.63) is 0 Å². The van der Waals surface area contributed by atoms with Gasteiger partial charge in [0.05, 0.1) is 0 Å². The SMILES string of the molecule is CCCCCCCCCCCCCCNCCNN(CCN)CCCCCCCCCCCCC. The van der Waals surface area contributed by atoms with Crippen molar-refractivity contribution in [1.29, 1.82) is 0 Å². The number of hydrogen-bond acceptors (Lipinski definition) is 4. The molecule has 35 heavy (non-hydrogen) atoms. The molecule has 0 aliphatic carbocycles. The van der Waals surface area contributed by atoms with Crippen molar-refractivity contribution in [2.75, 3.05) is 39.3 Å². The molecule has 0 rings (SSSR count). The van der Waals surface area contributed by atoms with Gasteiger partial charge in [-0.1, -0.05) is 149 Å². The zero-order chi connectivity index (χ0) is 25.5.